The molecule has 0 radical (unpaired) electrons. The Morgan fingerprint density at radius 2 is 1.39 bits per heavy atom. The van der Waals surface area contributed by atoms with Gasteiger partial charge in [-0.2, -0.15) is 0 Å². The van der Waals surface area contributed by atoms with Crippen LogP contribution >= 0.6 is 31.9 Å². The Bertz CT molecular complexity index is 533. The van der Waals surface area contributed by atoms with Crippen LogP contribution < -0.4 is 0 Å². The summed E-state index contributed by atoms with van der Waals surface area (Å²) < 4.78 is 40.7. The second-order valence-corrected chi connectivity index (χ2v) is 5.53. The Morgan fingerprint density at radius 3 is 1.94 bits per heavy atom. The number of alkyl halides is 1. The Hall–Kier alpha value is -0.810. The van der Waals surface area contributed by atoms with E-state index in [0.29, 0.717) is 10.0 Å². The Kier molecular flexibility index (Phi) is 4.12. The van der Waals surface area contributed by atoms with E-state index in [0.717, 1.165) is 12.1 Å². The van der Waals surface area contributed by atoms with Crippen LogP contribution in [0.3, 0.4) is 0 Å². The van der Waals surface area contributed by atoms with Crippen LogP contribution in [0.4, 0.5) is 13.2 Å². The summed E-state index contributed by atoms with van der Waals surface area (Å²) in [7, 11) is 0. The maximum absolute atomic E-state index is 13.7. The fraction of sp³-hybridized carbons (Fsp3) is 0.0769. The predicted octanol–water partition coefficient (Wildman–Crippen LogP) is 5.35. The van der Waals surface area contributed by atoms with E-state index in [-0.39, 0.29) is 5.56 Å². The van der Waals surface area contributed by atoms with E-state index in [4.69, 9.17) is 0 Å². The summed E-state index contributed by atoms with van der Waals surface area (Å²) in [5.41, 5.74) is 0.487. The van der Waals surface area contributed by atoms with Crippen LogP contribution in [0.5, 0.6) is 0 Å². The monoisotopic (exact) mass is 378 g/mol. The van der Waals surface area contributed by atoms with Crippen molar-refractivity contribution in [3.05, 3.63) is 69.4 Å². The average molecular weight is 380 g/mol. The van der Waals surface area contributed by atoms with Gasteiger partial charge in [0.2, 0.25) is 0 Å². The number of halogens is 5. The Morgan fingerprint density at radius 1 is 0.833 bits per heavy atom. The zero-order valence-electron chi connectivity index (χ0n) is 8.93. The third-order valence-corrected chi connectivity index (χ3v) is 3.95. The van der Waals surface area contributed by atoms with Gasteiger partial charge in [0.1, 0.15) is 17.5 Å². The first-order valence-electron chi connectivity index (χ1n) is 5.03. The molecule has 5 heteroatoms. The molecule has 0 saturated carbocycles. The van der Waals surface area contributed by atoms with Crippen LogP contribution in [0.2, 0.25) is 0 Å². The van der Waals surface area contributed by atoms with Crippen molar-refractivity contribution in [3.8, 4) is 0 Å². The molecule has 0 aromatic heterocycles. The van der Waals surface area contributed by atoms with Gasteiger partial charge >= 0.3 is 0 Å². The predicted molar refractivity (Wildman–Crippen MR) is 71.2 cm³/mol. The fourth-order valence-electron chi connectivity index (χ4n) is 1.58. The molecule has 2 aromatic rings. The quantitative estimate of drug-likeness (QED) is 0.617. The molecular weight excluding hydrogens is 373 g/mol. The van der Waals surface area contributed by atoms with E-state index >= 15 is 0 Å². The van der Waals surface area contributed by atoms with Gasteiger partial charge < -0.3 is 0 Å². The number of hydrogen-bond donors (Lipinski definition) is 0. The largest absolute Gasteiger partial charge is 0.207 e. The van der Waals surface area contributed by atoms with Gasteiger partial charge in [0.05, 0.1) is 4.83 Å². The third kappa shape index (κ3) is 2.78. The molecule has 0 aliphatic carbocycles. The van der Waals surface area contributed by atoms with Gasteiger partial charge in [-0.1, -0.05) is 44.0 Å². The maximum atomic E-state index is 13.7. The highest BCUT2D eigenvalue weighted by Gasteiger charge is 2.18. The molecule has 0 spiro atoms. The van der Waals surface area contributed by atoms with Crippen molar-refractivity contribution in [1.82, 2.24) is 0 Å². The molecule has 0 nitrogen and oxygen atoms in total. The summed E-state index contributed by atoms with van der Waals surface area (Å²) in [4.78, 5) is -0.661. The summed E-state index contributed by atoms with van der Waals surface area (Å²) in [6, 6.07) is 7.72. The molecule has 0 bridgehead atoms. The van der Waals surface area contributed by atoms with Gasteiger partial charge in [-0.15, -0.1) is 0 Å². The van der Waals surface area contributed by atoms with E-state index in [9.17, 15) is 13.2 Å². The minimum atomic E-state index is -0.709. The molecule has 0 aliphatic heterocycles. The first-order chi connectivity index (χ1) is 8.49. The zero-order valence-corrected chi connectivity index (χ0v) is 12.1. The van der Waals surface area contributed by atoms with E-state index in [1.807, 2.05) is 0 Å². The van der Waals surface area contributed by atoms with Crippen LogP contribution in [-0.2, 0) is 0 Å². The fourth-order valence-corrected chi connectivity index (χ4v) is 2.66. The molecule has 0 amide bonds. The van der Waals surface area contributed by atoms with Crippen LogP contribution in [0.1, 0.15) is 16.0 Å². The second kappa shape index (κ2) is 5.45. The van der Waals surface area contributed by atoms with Gasteiger partial charge in [0, 0.05) is 21.7 Å². The zero-order chi connectivity index (χ0) is 13.3. The van der Waals surface area contributed by atoms with E-state index in [2.05, 4.69) is 31.9 Å². The lowest BCUT2D eigenvalue weighted by atomic mass is 10.0. The van der Waals surface area contributed by atoms with Crippen LogP contribution in [0, 0.1) is 17.5 Å². The average Bonchev–Trinajstić information content (AvgIpc) is 2.28. The van der Waals surface area contributed by atoms with E-state index < -0.39 is 22.3 Å². The summed E-state index contributed by atoms with van der Waals surface area (Å²) in [5.74, 6) is -1.83. The lowest BCUT2D eigenvalue weighted by Crippen LogP contribution is -2.00. The molecule has 18 heavy (non-hydrogen) atoms. The first-order valence-corrected chi connectivity index (χ1v) is 6.74. The highest BCUT2D eigenvalue weighted by molar-refractivity contribution is 9.10. The summed E-state index contributed by atoms with van der Waals surface area (Å²) >= 11 is 6.37. The highest BCUT2D eigenvalue weighted by Crippen LogP contribution is 2.34. The molecule has 1 atom stereocenters. The van der Waals surface area contributed by atoms with Crippen molar-refractivity contribution in [2.45, 2.75) is 4.83 Å². The SMILES string of the molecule is Fc1ccc(C(Br)c2ccc(Br)cc2F)c(F)c1. The molecule has 94 valence electrons. The lowest BCUT2D eigenvalue weighted by Gasteiger charge is -2.13. The third-order valence-electron chi connectivity index (χ3n) is 2.47. The summed E-state index contributed by atoms with van der Waals surface area (Å²) in [5, 5.41) is 0. The van der Waals surface area contributed by atoms with Gasteiger partial charge in [-0.05, 0) is 18.2 Å². The van der Waals surface area contributed by atoms with Crippen molar-refractivity contribution in [1.29, 1.82) is 0 Å². The minimum absolute atomic E-state index is 0.192. The van der Waals surface area contributed by atoms with Gasteiger partial charge in [0.25, 0.3) is 0 Å². The van der Waals surface area contributed by atoms with Gasteiger partial charge in [0.15, 0.2) is 0 Å². The van der Waals surface area contributed by atoms with Crippen molar-refractivity contribution in [2.75, 3.05) is 0 Å². The lowest BCUT2D eigenvalue weighted by molar-refractivity contribution is 0.571. The van der Waals surface area contributed by atoms with Crippen molar-refractivity contribution >= 4 is 31.9 Å². The molecule has 0 fully saturated rings. The van der Waals surface area contributed by atoms with E-state index in [1.165, 1.54) is 12.1 Å². The Labute approximate surface area is 119 Å². The molecule has 2 aromatic carbocycles. The topological polar surface area (TPSA) is 0 Å². The van der Waals surface area contributed by atoms with Crippen molar-refractivity contribution < 1.29 is 13.2 Å². The van der Waals surface area contributed by atoms with E-state index in [1.54, 1.807) is 12.1 Å². The highest BCUT2D eigenvalue weighted by atomic mass is 79.9. The van der Waals surface area contributed by atoms with Crippen molar-refractivity contribution in [2.24, 2.45) is 0 Å². The van der Waals surface area contributed by atoms with Gasteiger partial charge in [-0.3, -0.25) is 0 Å². The van der Waals surface area contributed by atoms with Crippen molar-refractivity contribution in [3.63, 3.8) is 0 Å². The molecule has 0 aliphatic rings. The molecule has 2 rings (SSSR count). The molecule has 0 heterocycles. The minimum Gasteiger partial charge on any atom is -0.207 e. The molecule has 0 N–H and O–H groups in total. The summed E-state index contributed by atoms with van der Waals surface area (Å²) in [6.45, 7) is 0. The smallest absolute Gasteiger partial charge is 0.130 e. The van der Waals surface area contributed by atoms with Crippen LogP contribution in [0.15, 0.2) is 40.9 Å². The number of hydrogen-bond acceptors (Lipinski definition) is 0. The van der Waals surface area contributed by atoms with Crippen LogP contribution in [0.25, 0.3) is 0 Å². The molecule has 1 unspecified atom stereocenters. The maximum Gasteiger partial charge on any atom is 0.130 e. The molecule has 0 saturated heterocycles. The Balaban J connectivity index is 2.44. The second-order valence-electron chi connectivity index (χ2n) is 3.69. The molecular formula is C13H7Br2F3. The van der Waals surface area contributed by atoms with Gasteiger partial charge in [-0.25, -0.2) is 13.2 Å². The number of benzene rings is 2. The standard InChI is InChI=1S/C13H7Br2F3/c14-7-1-3-9(11(17)5-7)13(15)10-4-2-8(16)6-12(10)18/h1-6,13H. The number of rotatable bonds is 2. The summed E-state index contributed by atoms with van der Waals surface area (Å²) in [6.07, 6.45) is 0. The normalized spacial score (nSPS) is 12.5. The first kappa shape index (κ1) is 13.6. The van der Waals surface area contributed by atoms with Crippen LogP contribution in [-0.4, -0.2) is 0 Å².